The van der Waals surface area contributed by atoms with E-state index in [0.29, 0.717) is 13.0 Å². The van der Waals surface area contributed by atoms with Gasteiger partial charge in [0.1, 0.15) is 42.7 Å². The van der Waals surface area contributed by atoms with Crippen molar-refractivity contribution in [3.8, 4) is 0 Å². The van der Waals surface area contributed by atoms with Crippen LogP contribution in [0.25, 0.3) is 0 Å². The van der Waals surface area contributed by atoms with Crippen molar-refractivity contribution >= 4 is 13.8 Å². The number of phosphoric ester groups is 1. The van der Waals surface area contributed by atoms with Gasteiger partial charge < -0.3 is 39.9 Å². The summed E-state index contributed by atoms with van der Waals surface area (Å²) < 4.78 is 34.1. The summed E-state index contributed by atoms with van der Waals surface area (Å²) in [5, 5.41) is 50.2. The van der Waals surface area contributed by atoms with Gasteiger partial charge in [0.2, 0.25) is 0 Å². The lowest BCUT2D eigenvalue weighted by Gasteiger charge is -2.41. The van der Waals surface area contributed by atoms with Crippen molar-refractivity contribution in [3.05, 3.63) is 97.2 Å². The number of carbonyl (C=O) groups excluding carboxylic acids is 1. The summed E-state index contributed by atoms with van der Waals surface area (Å²) in [5.74, 6) is -0.517. The number of aliphatic hydroxyl groups excluding tert-OH is 5. The van der Waals surface area contributed by atoms with Gasteiger partial charge in [-0.2, -0.15) is 0 Å². The number of phosphoric acid groups is 1. The maximum atomic E-state index is 12.8. The number of ether oxygens (including phenoxy) is 2. The Balaban J connectivity index is 2.41. The quantitative estimate of drug-likeness (QED) is 0.0150. The van der Waals surface area contributed by atoms with Crippen LogP contribution in [0.1, 0.15) is 142 Å². The molecule has 1 fully saturated rings. The molecule has 6 unspecified atom stereocenters. The van der Waals surface area contributed by atoms with E-state index in [2.05, 4.69) is 111 Å². The molecule has 12 nitrogen and oxygen atoms in total. The van der Waals surface area contributed by atoms with Gasteiger partial charge in [0.15, 0.2) is 0 Å². The van der Waals surface area contributed by atoms with Crippen molar-refractivity contribution in [2.75, 3.05) is 19.8 Å². The van der Waals surface area contributed by atoms with Crippen molar-refractivity contribution in [2.24, 2.45) is 0 Å². The Kier molecular flexibility index (Phi) is 35.7. The third kappa shape index (κ3) is 30.4. The SMILES string of the molecule is CC/C=C\C/C=C\C/C=C\C/C=C\C/C=C\CCCCCCCCOCC(COP(=O)(O)OC1C(O)C(O)C(O)C(O)C1O)OC(=O)CCCCC/C=C\C/C=C\C/C=C\CC. The zero-order chi connectivity index (χ0) is 45.5. The molecule has 1 aliphatic carbocycles. The lowest BCUT2D eigenvalue weighted by atomic mass is 9.85. The molecule has 0 radical (unpaired) electrons. The molecule has 0 saturated heterocycles. The molecule has 0 aromatic rings. The number of rotatable bonds is 37. The number of esters is 1. The summed E-state index contributed by atoms with van der Waals surface area (Å²) >= 11 is 0. The molecule has 0 aromatic heterocycles. The molecule has 354 valence electrons. The van der Waals surface area contributed by atoms with Gasteiger partial charge >= 0.3 is 13.8 Å². The van der Waals surface area contributed by atoms with Gasteiger partial charge in [0.05, 0.1) is 13.2 Å². The first-order valence-corrected chi connectivity index (χ1v) is 24.6. The van der Waals surface area contributed by atoms with Crippen LogP contribution in [0, 0.1) is 0 Å². The Hall–Kier alpha value is -2.74. The number of aliphatic hydroxyl groups is 5. The van der Waals surface area contributed by atoms with E-state index in [4.69, 9.17) is 18.5 Å². The highest BCUT2D eigenvalue weighted by Crippen LogP contribution is 2.47. The number of carbonyl (C=O) groups is 1. The normalized spacial score (nSPS) is 22.9. The van der Waals surface area contributed by atoms with Gasteiger partial charge in [-0.3, -0.25) is 13.8 Å². The molecule has 6 atom stereocenters. The highest BCUT2D eigenvalue weighted by Gasteiger charge is 2.51. The Morgan fingerprint density at radius 1 is 0.516 bits per heavy atom. The van der Waals surface area contributed by atoms with E-state index in [1.165, 1.54) is 0 Å². The summed E-state index contributed by atoms with van der Waals surface area (Å²) in [4.78, 5) is 23.1. The highest BCUT2D eigenvalue weighted by molar-refractivity contribution is 7.47. The van der Waals surface area contributed by atoms with Crippen LogP contribution in [-0.2, 0) is 27.9 Å². The number of hydrogen-bond acceptors (Lipinski definition) is 11. The Bertz CT molecular complexity index is 1390. The molecular weight excluding hydrogens is 812 g/mol. The molecule has 1 aliphatic rings. The summed E-state index contributed by atoms with van der Waals surface area (Å²) in [7, 11) is -5.04. The van der Waals surface area contributed by atoms with Crippen LogP contribution in [0.2, 0.25) is 0 Å². The molecule has 13 heteroatoms. The number of unbranched alkanes of at least 4 members (excludes halogenated alkanes) is 9. The first-order chi connectivity index (χ1) is 30.0. The Labute approximate surface area is 373 Å². The first kappa shape index (κ1) is 57.3. The summed E-state index contributed by atoms with van der Waals surface area (Å²) in [6.45, 7) is 3.94. The molecule has 0 heterocycles. The van der Waals surface area contributed by atoms with Crippen LogP contribution in [0.4, 0.5) is 0 Å². The van der Waals surface area contributed by atoms with Crippen molar-refractivity contribution in [1.29, 1.82) is 0 Å². The van der Waals surface area contributed by atoms with Gasteiger partial charge in [0, 0.05) is 13.0 Å². The highest BCUT2D eigenvalue weighted by atomic mass is 31.2. The molecule has 0 aromatic carbocycles. The predicted molar refractivity (Wildman–Crippen MR) is 248 cm³/mol. The van der Waals surface area contributed by atoms with Crippen molar-refractivity contribution in [2.45, 2.75) is 185 Å². The van der Waals surface area contributed by atoms with Gasteiger partial charge in [-0.25, -0.2) is 4.57 Å². The van der Waals surface area contributed by atoms with Gasteiger partial charge in [-0.15, -0.1) is 0 Å². The van der Waals surface area contributed by atoms with E-state index in [-0.39, 0.29) is 13.0 Å². The largest absolute Gasteiger partial charge is 0.472 e. The second-order valence-electron chi connectivity index (χ2n) is 15.5. The third-order valence-corrected chi connectivity index (χ3v) is 10.9. The Morgan fingerprint density at radius 2 is 0.903 bits per heavy atom. The topological polar surface area (TPSA) is 192 Å². The molecule has 6 N–H and O–H groups in total. The smallest absolute Gasteiger partial charge is 0.457 e. The second-order valence-corrected chi connectivity index (χ2v) is 16.9. The first-order valence-electron chi connectivity index (χ1n) is 23.1. The van der Waals surface area contributed by atoms with Gasteiger partial charge in [-0.1, -0.05) is 143 Å². The monoisotopic (exact) mass is 893 g/mol. The van der Waals surface area contributed by atoms with Gasteiger partial charge in [0.25, 0.3) is 0 Å². The van der Waals surface area contributed by atoms with Crippen molar-refractivity contribution in [3.63, 3.8) is 0 Å². The molecule has 0 aliphatic heterocycles. The van der Waals surface area contributed by atoms with E-state index >= 15 is 0 Å². The molecule has 0 spiro atoms. The van der Waals surface area contributed by atoms with Gasteiger partial charge in [-0.05, 0) is 89.9 Å². The average molecular weight is 893 g/mol. The van der Waals surface area contributed by atoms with Crippen molar-refractivity contribution in [1.82, 2.24) is 0 Å². The minimum absolute atomic E-state index is 0.106. The molecule has 62 heavy (non-hydrogen) atoms. The predicted octanol–water partition coefficient (Wildman–Crippen LogP) is 9.53. The third-order valence-electron chi connectivity index (χ3n) is 9.95. The van der Waals surface area contributed by atoms with E-state index in [9.17, 15) is 39.8 Å². The zero-order valence-electron chi connectivity index (χ0n) is 37.6. The minimum Gasteiger partial charge on any atom is -0.457 e. The fraction of sp³-hybridized carbons (Fsp3) is 0.653. The van der Waals surface area contributed by atoms with Crippen LogP contribution >= 0.6 is 7.82 Å². The Morgan fingerprint density at radius 3 is 1.37 bits per heavy atom. The fourth-order valence-corrected chi connectivity index (χ4v) is 7.31. The van der Waals surface area contributed by atoms with E-state index in [1.807, 2.05) is 0 Å². The van der Waals surface area contributed by atoms with E-state index < -0.39 is 63.1 Å². The maximum absolute atomic E-state index is 12.8. The maximum Gasteiger partial charge on any atom is 0.472 e. The molecule has 1 saturated carbocycles. The minimum atomic E-state index is -5.04. The number of allylic oxidation sites excluding steroid dienone is 16. The molecule has 0 amide bonds. The lowest BCUT2D eigenvalue weighted by Crippen LogP contribution is -2.64. The molecular formula is C49H81O12P. The zero-order valence-corrected chi connectivity index (χ0v) is 38.5. The van der Waals surface area contributed by atoms with Crippen LogP contribution in [0.15, 0.2) is 97.2 Å². The summed E-state index contributed by atoms with van der Waals surface area (Å²) in [6.07, 6.45) is 40.5. The molecule has 1 rings (SSSR count). The van der Waals surface area contributed by atoms with Crippen LogP contribution in [0.3, 0.4) is 0 Å². The van der Waals surface area contributed by atoms with E-state index in [0.717, 1.165) is 116 Å². The van der Waals surface area contributed by atoms with Crippen molar-refractivity contribution < 1.29 is 58.3 Å². The summed E-state index contributed by atoms with van der Waals surface area (Å²) in [5.41, 5.74) is 0. The van der Waals surface area contributed by atoms with E-state index in [1.54, 1.807) is 0 Å². The fourth-order valence-electron chi connectivity index (χ4n) is 6.34. The standard InChI is InChI=1S/C49H81O12P/c1-3-5-7-9-11-13-15-17-18-19-20-21-22-23-24-25-27-29-31-33-35-37-39-58-40-42(41-59-62(56,57)61-49-47(54)45(52)44(51)46(53)48(49)55)60-43(50)38-36-34-32-30-28-26-16-14-12-10-8-6-4-2/h5-8,11-14,17-18,20-21,23-24,26,28,42,44-49,51-55H,3-4,9-10,15-16,19,22,25,27,29-41H2,1-2H3,(H,56,57)/b7-5-,8-6-,13-11-,14-12-,18-17-,21-20-,24-23-,28-26-. The number of hydrogen-bond donors (Lipinski definition) is 6. The molecule has 0 bridgehead atoms. The average Bonchev–Trinajstić information content (AvgIpc) is 3.26. The second kappa shape index (κ2) is 38.7. The van der Waals surface area contributed by atoms with Crippen LogP contribution < -0.4 is 0 Å². The van der Waals surface area contributed by atoms with Crippen LogP contribution in [0.5, 0.6) is 0 Å². The summed E-state index contributed by atoms with van der Waals surface area (Å²) in [6, 6.07) is 0. The lowest BCUT2D eigenvalue weighted by molar-refractivity contribution is -0.220. The van der Waals surface area contributed by atoms with Crippen LogP contribution in [-0.4, -0.2) is 98.9 Å².